The van der Waals surface area contributed by atoms with Crippen LogP contribution in [0.5, 0.6) is 0 Å². The van der Waals surface area contributed by atoms with E-state index in [1.165, 1.54) is 24.9 Å². The summed E-state index contributed by atoms with van der Waals surface area (Å²) in [5.74, 6) is 0.452. The van der Waals surface area contributed by atoms with Crippen LogP contribution < -0.4 is 0 Å². The Morgan fingerprint density at radius 1 is 1.37 bits per heavy atom. The molecule has 0 radical (unpaired) electrons. The highest BCUT2D eigenvalue weighted by molar-refractivity contribution is 7.98. The fourth-order valence-corrected chi connectivity index (χ4v) is 1.82. The molecule has 19 heavy (non-hydrogen) atoms. The zero-order valence-corrected chi connectivity index (χ0v) is 12.3. The molecule has 0 fully saturated rings. The van der Waals surface area contributed by atoms with Gasteiger partial charge in [0.25, 0.3) is 5.89 Å². The summed E-state index contributed by atoms with van der Waals surface area (Å²) in [6, 6.07) is 4.85. The van der Waals surface area contributed by atoms with E-state index < -0.39 is 0 Å². The SMILES string of the molecule is CC.COCc1nc(-c2ccc(SC)c(F)c2)no1. The maximum absolute atomic E-state index is 13.6. The molecule has 2 aromatic rings. The largest absolute Gasteiger partial charge is 0.375 e. The molecule has 0 atom stereocenters. The number of nitrogens with zero attached hydrogens (tertiary/aromatic N) is 2. The van der Waals surface area contributed by atoms with Gasteiger partial charge in [-0.15, -0.1) is 11.8 Å². The predicted octanol–water partition coefficient (Wildman–Crippen LogP) is 3.77. The number of hydrogen-bond acceptors (Lipinski definition) is 5. The van der Waals surface area contributed by atoms with Crippen LogP contribution in [-0.2, 0) is 11.3 Å². The highest BCUT2D eigenvalue weighted by atomic mass is 32.2. The van der Waals surface area contributed by atoms with Crippen molar-refractivity contribution < 1.29 is 13.7 Å². The van der Waals surface area contributed by atoms with Crippen LogP contribution in [0.15, 0.2) is 27.6 Å². The number of aromatic nitrogens is 2. The maximum Gasteiger partial charge on any atom is 0.252 e. The first kappa shape index (κ1) is 15.7. The summed E-state index contributed by atoms with van der Waals surface area (Å²) in [6.45, 7) is 4.25. The highest BCUT2D eigenvalue weighted by Gasteiger charge is 2.10. The number of methoxy groups -OCH3 is 1. The molecule has 0 spiro atoms. The third kappa shape index (κ3) is 4.04. The Morgan fingerprint density at radius 3 is 2.68 bits per heavy atom. The minimum atomic E-state index is -0.284. The van der Waals surface area contributed by atoms with Crippen LogP contribution in [0.2, 0.25) is 0 Å². The predicted molar refractivity (Wildman–Crippen MR) is 73.5 cm³/mol. The number of benzene rings is 1. The standard InChI is InChI=1S/C11H11FN2O2S.C2H6/c1-15-6-10-13-11(14-16-10)7-3-4-9(17-2)8(12)5-7;1-2/h3-5H,6H2,1-2H3;1-2H3. The van der Waals surface area contributed by atoms with Gasteiger partial charge in [0.15, 0.2) is 0 Å². The lowest BCUT2D eigenvalue weighted by atomic mass is 10.2. The van der Waals surface area contributed by atoms with Crippen LogP contribution in [0.25, 0.3) is 11.4 Å². The minimum Gasteiger partial charge on any atom is -0.375 e. The average Bonchev–Trinajstić information content (AvgIpc) is 2.90. The Labute approximate surface area is 116 Å². The molecule has 2 rings (SSSR count). The first-order chi connectivity index (χ1) is 9.24. The summed E-state index contributed by atoms with van der Waals surface area (Å²) in [4.78, 5) is 4.68. The van der Waals surface area contributed by atoms with Crippen LogP contribution in [0.4, 0.5) is 4.39 Å². The molecule has 0 N–H and O–H groups in total. The van der Waals surface area contributed by atoms with E-state index in [1.54, 1.807) is 12.1 Å². The van der Waals surface area contributed by atoms with Gasteiger partial charge in [0.2, 0.25) is 5.82 Å². The van der Waals surface area contributed by atoms with Gasteiger partial charge in [-0.25, -0.2) is 4.39 Å². The smallest absolute Gasteiger partial charge is 0.252 e. The van der Waals surface area contributed by atoms with E-state index in [9.17, 15) is 4.39 Å². The van der Waals surface area contributed by atoms with Crippen molar-refractivity contribution in [3.05, 3.63) is 29.9 Å². The fourth-order valence-electron chi connectivity index (χ4n) is 1.36. The monoisotopic (exact) mass is 284 g/mol. The molecule has 4 nitrogen and oxygen atoms in total. The number of ether oxygens (including phenoxy) is 1. The van der Waals surface area contributed by atoms with E-state index in [2.05, 4.69) is 10.1 Å². The Hall–Kier alpha value is -1.40. The Balaban J connectivity index is 0.000000861. The van der Waals surface area contributed by atoms with Crippen molar-refractivity contribution in [3.63, 3.8) is 0 Å². The molecule has 0 saturated carbocycles. The summed E-state index contributed by atoms with van der Waals surface area (Å²) in [5, 5.41) is 3.76. The number of thioether (sulfide) groups is 1. The molecule has 0 unspecified atom stereocenters. The normalized spacial score (nSPS) is 9.95. The van der Waals surface area contributed by atoms with Crippen LogP contribution in [-0.4, -0.2) is 23.5 Å². The second kappa shape index (κ2) is 7.91. The molecule has 1 aromatic heterocycles. The Bertz CT molecular complexity index is 517. The molecule has 1 aromatic carbocycles. The lowest BCUT2D eigenvalue weighted by Crippen LogP contribution is -1.88. The summed E-state index contributed by atoms with van der Waals surface area (Å²) in [7, 11) is 1.54. The topological polar surface area (TPSA) is 48.2 Å². The Kier molecular flexibility index (Phi) is 6.52. The van der Waals surface area contributed by atoms with Crippen molar-refractivity contribution in [2.45, 2.75) is 25.3 Å². The van der Waals surface area contributed by atoms with Crippen molar-refractivity contribution >= 4 is 11.8 Å². The van der Waals surface area contributed by atoms with Crippen LogP contribution >= 0.6 is 11.8 Å². The summed E-state index contributed by atoms with van der Waals surface area (Å²) < 4.78 is 23.4. The van der Waals surface area contributed by atoms with Gasteiger partial charge < -0.3 is 9.26 Å². The van der Waals surface area contributed by atoms with Crippen LogP contribution in [0.1, 0.15) is 19.7 Å². The number of rotatable bonds is 4. The average molecular weight is 284 g/mol. The van der Waals surface area contributed by atoms with Crippen molar-refractivity contribution in [2.75, 3.05) is 13.4 Å². The fraction of sp³-hybridized carbons (Fsp3) is 0.385. The first-order valence-corrected chi connectivity index (χ1v) is 7.12. The number of hydrogen-bond donors (Lipinski definition) is 0. The minimum absolute atomic E-state index is 0.248. The van der Waals surface area contributed by atoms with Gasteiger partial charge in [-0.05, 0) is 24.5 Å². The molecular weight excluding hydrogens is 267 g/mol. The van der Waals surface area contributed by atoms with Gasteiger partial charge in [0, 0.05) is 17.6 Å². The van der Waals surface area contributed by atoms with E-state index in [1.807, 2.05) is 20.1 Å². The van der Waals surface area contributed by atoms with Crippen molar-refractivity contribution in [1.82, 2.24) is 10.1 Å². The first-order valence-electron chi connectivity index (χ1n) is 5.90. The van der Waals surface area contributed by atoms with Crippen LogP contribution in [0, 0.1) is 5.82 Å². The van der Waals surface area contributed by atoms with Crippen molar-refractivity contribution in [1.29, 1.82) is 0 Å². The van der Waals surface area contributed by atoms with Crippen LogP contribution in [0.3, 0.4) is 0 Å². The molecule has 0 amide bonds. The molecular formula is C13H17FN2O2S. The zero-order chi connectivity index (χ0) is 14.3. The maximum atomic E-state index is 13.6. The van der Waals surface area contributed by atoms with Gasteiger partial charge in [0.05, 0.1) is 0 Å². The number of halogens is 1. The van der Waals surface area contributed by atoms with E-state index in [0.29, 0.717) is 22.2 Å². The van der Waals surface area contributed by atoms with Gasteiger partial charge in [-0.2, -0.15) is 4.98 Å². The summed E-state index contributed by atoms with van der Waals surface area (Å²) in [5.41, 5.74) is 0.589. The van der Waals surface area contributed by atoms with E-state index in [0.717, 1.165) is 0 Å². The lowest BCUT2D eigenvalue weighted by molar-refractivity contribution is 0.151. The van der Waals surface area contributed by atoms with E-state index in [-0.39, 0.29) is 12.4 Å². The van der Waals surface area contributed by atoms with Crippen molar-refractivity contribution in [3.8, 4) is 11.4 Å². The second-order valence-corrected chi connectivity index (χ2v) is 4.14. The zero-order valence-electron chi connectivity index (χ0n) is 11.4. The molecule has 1 heterocycles. The second-order valence-electron chi connectivity index (χ2n) is 3.29. The van der Waals surface area contributed by atoms with Crippen molar-refractivity contribution in [2.24, 2.45) is 0 Å². The molecule has 0 aliphatic carbocycles. The van der Waals surface area contributed by atoms with E-state index >= 15 is 0 Å². The van der Waals surface area contributed by atoms with Gasteiger partial charge >= 0.3 is 0 Å². The third-order valence-corrected chi connectivity index (χ3v) is 2.92. The quantitative estimate of drug-likeness (QED) is 0.800. The highest BCUT2D eigenvalue weighted by Crippen LogP contribution is 2.24. The Morgan fingerprint density at radius 2 is 2.11 bits per heavy atom. The van der Waals surface area contributed by atoms with Gasteiger partial charge in [-0.1, -0.05) is 19.0 Å². The third-order valence-electron chi connectivity index (χ3n) is 2.15. The summed E-state index contributed by atoms with van der Waals surface area (Å²) >= 11 is 1.35. The molecule has 6 heteroatoms. The summed E-state index contributed by atoms with van der Waals surface area (Å²) in [6.07, 6.45) is 1.82. The molecule has 0 aliphatic heterocycles. The van der Waals surface area contributed by atoms with E-state index in [4.69, 9.17) is 9.26 Å². The lowest BCUT2D eigenvalue weighted by Gasteiger charge is -2.00. The molecule has 0 bridgehead atoms. The van der Waals surface area contributed by atoms with Gasteiger partial charge in [-0.3, -0.25) is 0 Å². The molecule has 104 valence electrons. The molecule has 0 aliphatic rings. The molecule has 0 saturated heterocycles. The van der Waals surface area contributed by atoms with Gasteiger partial charge in [0.1, 0.15) is 12.4 Å².